The summed E-state index contributed by atoms with van der Waals surface area (Å²) in [5.41, 5.74) is 3.15. The zero-order valence-corrected chi connectivity index (χ0v) is 14.2. The van der Waals surface area contributed by atoms with Crippen molar-refractivity contribution in [3.05, 3.63) is 35.4 Å². The standard InChI is InChI=1S/C18H32N2/c1-7-15-9-11-16(12-10-15)17(19-8-2)13-20(6)14-18(3,4)5/h9-12,17,19H,7-8,13-14H2,1-6H3. The molecule has 0 saturated heterocycles. The van der Waals surface area contributed by atoms with Crippen LogP contribution >= 0.6 is 0 Å². The third-order valence-corrected chi connectivity index (χ3v) is 3.48. The second-order valence-electron chi connectivity index (χ2n) is 6.96. The van der Waals surface area contributed by atoms with Crippen LogP contribution in [-0.4, -0.2) is 31.6 Å². The maximum atomic E-state index is 3.61. The first-order valence-electron chi connectivity index (χ1n) is 7.86. The van der Waals surface area contributed by atoms with E-state index in [1.165, 1.54) is 11.1 Å². The molecule has 2 heteroatoms. The molecule has 0 aliphatic rings. The van der Waals surface area contributed by atoms with Crippen LogP contribution in [0.15, 0.2) is 24.3 Å². The van der Waals surface area contributed by atoms with Crippen molar-refractivity contribution >= 4 is 0 Å². The van der Waals surface area contributed by atoms with E-state index < -0.39 is 0 Å². The molecule has 0 aliphatic heterocycles. The van der Waals surface area contributed by atoms with Crippen molar-refractivity contribution in [2.24, 2.45) is 5.41 Å². The Labute approximate surface area is 125 Å². The van der Waals surface area contributed by atoms with E-state index in [4.69, 9.17) is 0 Å². The molecule has 1 atom stereocenters. The molecule has 1 aromatic carbocycles. The highest BCUT2D eigenvalue weighted by Gasteiger charge is 2.17. The summed E-state index contributed by atoms with van der Waals surface area (Å²) in [6.07, 6.45) is 1.11. The predicted octanol–water partition coefficient (Wildman–Crippen LogP) is 3.88. The lowest BCUT2D eigenvalue weighted by Crippen LogP contribution is -2.37. The Kier molecular flexibility index (Phi) is 6.70. The smallest absolute Gasteiger partial charge is 0.0449 e. The molecule has 1 aromatic rings. The molecule has 0 radical (unpaired) electrons. The van der Waals surface area contributed by atoms with Gasteiger partial charge in [-0.25, -0.2) is 0 Å². The van der Waals surface area contributed by atoms with Crippen LogP contribution in [0.25, 0.3) is 0 Å². The van der Waals surface area contributed by atoms with Crippen molar-refractivity contribution in [2.45, 2.75) is 47.1 Å². The maximum absolute atomic E-state index is 3.61. The summed E-state index contributed by atoms with van der Waals surface area (Å²) in [4.78, 5) is 2.43. The number of nitrogens with zero attached hydrogens (tertiary/aromatic N) is 1. The average molecular weight is 276 g/mol. The minimum atomic E-state index is 0.345. The van der Waals surface area contributed by atoms with Gasteiger partial charge < -0.3 is 10.2 Å². The first-order valence-corrected chi connectivity index (χ1v) is 7.86. The van der Waals surface area contributed by atoms with E-state index >= 15 is 0 Å². The molecular weight excluding hydrogens is 244 g/mol. The number of nitrogens with one attached hydrogen (secondary N) is 1. The lowest BCUT2D eigenvalue weighted by Gasteiger charge is -2.30. The highest BCUT2D eigenvalue weighted by atomic mass is 15.1. The molecule has 0 fully saturated rings. The van der Waals surface area contributed by atoms with E-state index in [0.29, 0.717) is 11.5 Å². The molecule has 1 N–H and O–H groups in total. The third-order valence-electron chi connectivity index (χ3n) is 3.48. The van der Waals surface area contributed by atoms with Crippen molar-refractivity contribution in [1.29, 1.82) is 0 Å². The first kappa shape index (κ1) is 17.2. The number of rotatable bonds is 7. The van der Waals surface area contributed by atoms with Crippen LogP contribution in [-0.2, 0) is 6.42 Å². The zero-order chi connectivity index (χ0) is 15.2. The molecule has 2 nitrogen and oxygen atoms in total. The van der Waals surface area contributed by atoms with Crippen LogP contribution in [0.5, 0.6) is 0 Å². The number of hydrogen-bond acceptors (Lipinski definition) is 2. The fourth-order valence-electron chi connectivity index (χ4n) is 2.71. The van der Waals surface area contributed by atoms with Crippen LogP contribution < -0.4 is 5.32 Å². The second kappa shape index (κ2) is 7.80. The monoisotopic (exact) mass is 276 g/mol. The Hall–Kier alpha value is -0.860. The molecular formula is C18H32N2. The van der Waals surface area contributed by atoms with Crippen LogP contribution in [0, 0.1) is 5.41 Å². The average Bonchev–Trinajstić information content (AvgIpc) is 2.36. The van der Waals surface area contributed by atoms with Crippen molar-refractivity contribution in [3.63, 3.8) is 0 Å². The fourth-order valence-corrected chi connectivity index (χ4v) is 2.71. The maximum Gasteiger partial charge on any atom is 0.0449 e. The second-order valence-corrected chi connectivity index (χ2v) is 6.96. The fraction of sp³-hybridized carbons (Fsp3) is 0.667. The Morgan fingerprint density at radius 3 is 2.15 bits per heavy atom. The van der Waals surface area contributed by atoms with Gasteiger partial charge in [0.05, 0.1) is 0 Å². The Bertz CT molecular complexity index is 375. The van der Waals surface area contributed by atoms with Crippen molar-refractivity contribution in [2.75, 3.05) is 26.7 Å². The number of benzene rings is 1. The number of aryl methyl sites for hydroxylation is 1. The van der Waals surface area contributed by atoms with Gasteiger partial charge in [-0.05, 0) is 36.6 Å². The summed E-state index contributed by atoms with van der Waals surface area (Å²) in [7, 11) is 2.22. The molecule has 0 heterocycles. The van der Waals surface area contributed by atoms with Gasteiger partial charge in [-0.2, -0.15) is 0 Å². The van der Waals surface area contributed by atoms with E-state index in [1.807, 2.05) is 0 Å². The molecule has 1 rings (SSSR count). The van der Waals surface area contributed by atoms with Crippen LogP contribution in [0.4, 0.5) is 0 Å². The number of hydrogen-bond donors (Lipinski definition) is 1. The Morgan fingerprint density at radius 2 is 1.70 bits per heavy atom. The molecule has 1 unspecified atom stereocenters. The molecule has 20 heavy (non-hydrogen) atoms. The Morgan fingerprint density at radius 1 is 1.10 bits per heavy atom. The molecule has 0 spiro atoms. The van der Waals surface area contributed by atoms with Crippen LogP contribution in [0.1, 0.15) is 51.8 Å². The van der Waals surface area contributed by atoms with Crippen molar-refractivity contribution in [1.82, 2.24) is 10.2 Å². The van der Waals surface area contributed by atoms with Gasteiger partial charge in [0.2, 0.25) is 0 Å². The van der Waals surface area contributed by atoms with Gasteiger partial charge in [0.25, 0.3) is 0 Å². The summed E-state index contributed by atoms with van der Waals surface area (Å²) in [5.74, 6) is 0. The van der Waals surface area contributed by atoms with Crippen molar-refractivity contribution < 1.29 is 0 Å². The van der Waals surface area contributed by atoms with E-state index in [2.05, 4.69) is 76.1 Å². The van der Waals surface area contributed by atoms with E-state index in [-0.39, 0.29) is 0 Å². The summed E-state index contributed by atoms with van der Waals surface area (Å²) in [5, 5.41) is 3.61. The summed E-state index contributed by atoms with van der Waals surface area (Å²) in [6.45, 7) is 14.4. The number of likely N-dealkylation sites (N-methyl/N-ethyl adjacent to an activating group) is 2. The first-order chi connectivity index (χ1) is 9.35. The van der Waals surface area contributed by atoms with Gasteiger partial charge >= 0.3 is 0 Å². The van der Waals surface area contributed by atoms with E-state index in [1.54, 1.807) is 0 Å². The Balaban J connectivity index is 2.72. The normalized spacial score (nSPS) is 13.8. The van der Waals surface area contributed by atoms with Gasteiger partial charge in [0, 0.05) is 19.1 Å². The molecule has 114 valence electrons. The summed E-state index contributed by atoms with van der Waals surface area (Å²) in [6, 6.07) is 9.47. The predicted molar refractivity (Wildman–Crippen MR) is 89.2 cm³/mol. The largest absolute Gasteiger partial charge is 0.309 e. The molecule has 0 aromatic heterocycles. The zero-order valence-electron chi connectivity index (χ0n) is 14.2. The van der Waals surface area contributed by atoms with Crippen LogP contribution in [0.3, 0.4) is 0 Å². The lowest BCUT2D eigenvalue weighted by atomic mass is 9.95. The SMILES string of the molecule is CCNC(CN(C)CC(C)(C)C)c1ccc(CC)cc1. The van der Waals surface area contributed by atoms with E-state index in [0.717, 1.165) is 26.1 Å². The molecule has 0 saturated carbocycles. The minimum absolute atomic E-state index is 0.345. The van der Waals surface area contributed by atoms with E-state index in [9.17, 15) is 0 Å². The summed E-state index contributed by atoms with van der Waals surface area (Å²) < 4.78 is 0. The van der Waals surface area contributed by atoms with Gasteiger partial charge in [-0.3, -0.25) is 0 Å². The molecule has 0 amide bonds. The lowest BCUT2D eigenvalue weighted by molar-refractivity contribution is 0.208. The van der Waals surface area contributed by atoms with Gasteiger partial charge in [-0.15, -0.1) is 0 Å². The topological polar surface area (TPSA) is 15.3 Å². The minimum Gasteiger partial charge on any atom is -0.309 e. The summed E-state index contributed by atoms with van der Waals surface area (Å²) >= 11 is 0. The van der Waals surface area contributed by atoms with Gasteiger partial charge in [0.15, 0.2) is 0 Å². The molecule has 0 bridgehead atoms. The third kappa shape index (κ3) is 6.06. The highest BCUT2D eigenvalue weighted by molar-refractivity contribution is 5.25. The van der Waals surface area contributed by atoms with Gasteiger partial charge in [-0.1, -0.05) is 58.9 Å². The quantitative estimate of drug-likeness (QED) is 0.813. The highest BCUT2D eigenvalue weighted by Crippen LogP contribution is 2.19. The van der Waals surface area contributed by atoms with Crippen LogP contribution in [0.2, 0.25) is 0 Å². The van der Waals surface area contributed by atoms with Gasteiger partial charge in [0.1, 0.15) is 0 Å². The molecule has 0 aliphatic carbocycles. The van der Waals surface area contributed by atoms with Crippen molar-refractivity contribution in [3.8, 4) is 0 Å².